The monoisotopic (exact) mass is 200 g/mol. The van der Waals surface area contributed by atoms with E-state index in [4.69, 9.17) is 5.26 Å². The summed E-state index contributed by atoms with van der Waals surface area (Å²) in [5, 5.41) is 9.06. The molecule has 0 spiro atoms. The SMILES string of the molecule is N#CC(c1cc[nH]c1)c1cccc(F)c1. The van der Waals surface area contributed by atoms with E-state index in [1.54, 1.807) is 24.5 Å². The first-order valence-corrected chi connectivity index (χ1v) is 4.59. The minimum Gasteiger partial charge on any atom is -0.367 e. The number of nitriles is 1. The van der Waals surface area contributed by atoms with Gasteiger partial charge in [-0.15, -0.1) is 0 Å². The second kappa shape index (κ2) is 3.97. The van der Waals surface area contributed by atoms with E-state index in [0.717, 1.165) is 5.56 Å². The van der Waals surface area contributed by atoms with E-state index in [0.29, 0.717) is 5.56 Å². The number of H-pyrrole nitrogens is 1. The van der Waals surface area contributed by atoms with Gasteiger partial charge in [0.2, 0.25) is 0 Å². The molecule has 2 aromatic rings. The lowest BCUT2D eigenvalue weighted by molar-refractivity contribution is 0.625. The summed E-state index contributed by atoms with van der Waals surface area (Å²) in [6, 6.07) is 10.1. The van der Waals surface area contributed by atoms with E-state index in [2.05, 4.69) is 11.1 Å². The molecule has 0 saturated heterocycles. The van der Waals surface area contributed by atoms with Crippen molar-refractivity contribution in [3.63, 3.8) is 0 Å². The molecule has 1 unspecified atom stereocenters. The Hall–Kier alpha value is -2.08. The lowest BCUT2D eigenvalue weighted by atomic mass is 9.95. The third-order valence-electron chi connectivity index (χ3n) is 2.27. The number of benzene rings is 1. The fraction of sp³-hybridized carbons (Fsp3) is 0.0833. The molecule has 2 nitrogen and oxygen atoms in total. The van der Waals surface area contributed by atoms with Gasteiger partial charge in [0.25, 0.3) is 0 Å². The van der Waals surface area contributed by atoms with E-state index in [9.17, 15) is 4.39 Å². The number of hydrogen-bond acceptors (Lipinski definition) is 1. The Morgan fingerprint density at radius 1 is 1.27 bits per heavy atom. The van der Waals surface area contributed by atoms with Crippen LogP contribution in [0.25, 0.3) is 0 Å². The third-order valence-corrected chi connectivity index (χ3v) is 2.27. The normalized spacial score (nSPS) is 12.0. The number of nitrogens with zero attached hydrogens (tertiary/aromatic N) is 1. The minimum atomic E-state index is -0.410. The first-order valence-electron chi connectivity index (χ1n) is 4.59. The molecule has 3 heteroatoms. The summed E-state index contributed by atoms with van der Waals surface area (Å²) in [5.74, 6) is -0.727. The van der Waals surface area contributed by atoms with Crippen molar-refractivity contribution in [2.45, 2.75) is 5.92 Å². The summed E-state index contributed by atoms with van der Waals surface area (Å²) in [6.07, 6.45) is 3.50. The molecule has 1 aromatic carbocycles. The van der Waals surface area contributed by atoms with Gasteiger partial charge in [-0.05, 0) is 29.3 Å². The highest BCUT2D eigenvalue weighted by molar-refractivity contribution is 5.36. The van der Waals surface area contributed by atoms with Crippen molar-refractivity contribution in [2.75, 3.05) is 0 Å². The van der Waals surface area contributed by atoms with Crippen molar-refractivity contribution >= 4 is 0 Å². The summed E-state index contributed by atoms with van der Waals surface area (Å²) in [5.41, 5.74) is 1.53. The van der Waals surface area contributed by atoms with Crippen LogP contribution in [0.3, 0.4) is 0 Å². The molecule has 2 rings (SSSR count). The van der Waals surface area contributed by atoms with E-state index < -0.39 is 5.92 Å². The van der Waals surface area contributed by atoms with Crippen LogP contribution in [0, 0.1) is 17.1 Å². The van der Waals surface area contributed by atoms with Crippen LogP contribution in [-0.2, 0) is 0 Å². The highest BCUT2D eigenvalue weighted by Gasteiger charge is 2.13. The smallest absolute Gasteiger partial charge is 0.123 e. The summed E-state index contributed by atoms with van der Waals surface area (Å²) in [4.78, 5) is 2.88. The minimum absolute atomic E-state index is 0.316. The van der Waals surface area contributed by atoms with Gasteiger partial charge in [0.1, 0.15) is 5.82 Å². The number of aromatic nitrogens is 1. The van der Waals surface area contributed by atoms with Crippen molar-refractivity contribution in [2.24, 2.45) is 0 Å². The van der Waals surface area contributed by atoms with E-state index in [1.165, 1.54) is 12.1 Å². The number of nitrogens with one attached hydrogen (secondary N) is 1. The Morgan fingerprint density at radius 2 is 2.13 bits per heavy atom. The largest absolute Gasteiger partial charge is 0.367 e. The summed E-state index contributed by atoms with van der Waals surface area (Å²) in [6.45, 7) is 0. The van der Waals surface area contributed by atoms with Crippen LogP contribution < -0.4 is 0 Å². The van der Waals surface area contributed by atoms with Gasteiger partial charge in [-0.25, -0.2) is 4.39 Å². The first-order chi connectivity index (χ1) is 7.31. The number of hydrogen-bond donors (Lipinski definition) is 1. The third kappa shape index (κ3) is 1.89. The molecule has 0 fully saturated rings. The van der Waals surface area contributed by atoms with Crippen LogP contribution >= 0.6 is 0 Å². The van der Waals surface area contributed by atoms with Gasteiger partial charge in [0.05, 0.1) is 12.0 Å². The molecule has 0 aliphatic carbocycles. The first kappa shape index (κ1) is 9.47. The topological polar surface area (TPSA) is 39.6 Å². The maximum Gasteiger partial charge on any atom is 0.123 e. The van der Waals surface area contributed by atoms with Crippen molar-refractivity contribution in [3.8, 4) is 6.07 Å². The average molecular weight is 200 g/mol. The van der Waals surface area contributed by atoms with Crippen LogP contribution in [0.2, 0.25) is 0 Å². The molecule has 1 aromatic heterocycles. The van der Waals surface area contributed by atoms with Crippen LogP contribution in [0.15, 0.2) is 42.7 Å². The molecule has 15 heavy (non-hydrogen) atoms. The zero-order chi connectivity index (χ0) is 10.7. The molecule has 1 heterocycles. The molecular formula is C12H9FN2. The Kier molecular flexibility index (Phi) is 2.51. The second-order valence-corrected chi connectivity index (χ2v) is 3.26. The fourth-order valence-corrected chi connectivity index (χ4v) is 1.54. The molecule has 1 atom stereocenters. The number of aromatic amines is 1. The molecule has 0 amide bonds. The van der Waals surface area contributed by atoms with Gasteiger partial charge < -0.3 is 4.98 Å². The van der Waals surface area contributed by atoms with Gasteiger partial charge >= 0.3 is 0 Å². The quantitative estimate of drug-likeness (QED) is 0.795. The molecule has 0 aliphatic heterocycles. The van der Waals surface area contributed by atoms with Crippen LogP contribution in [0.5, 0.6) is 0 Å². The van der Waals surface area contributed by atoms with Gasteiger partial charge in [-0.2, -0.15) is 5.26 Å². The lowest BCUT2D eigenvalue weighted by Crippen LogP contribution is -1.96. The van der Waals surface area contributed by atoms with Crippen LogP contribution in [0.1, 0.15) is 17.0 Å². The molecule has 0 saturated carbocycles. The summed E-state index contributed by atoms with van der Waals surface area (Å²) >= 11 is 0. The zero-order valence-corrected chi connectivity index (χ0v) is 7.94. The van der Waals surface area contributed by atoms with Gasteiger partial charge in [-0.3, -0.25) is 0 Å². The van der Waals surface area contributed by atoms with Gasteiger partial charge in [-0.1, -0.05) is 12.1 Å². The van der Waals surface area contributed by atoms with Crippen molar-refractivity contribution in [3.05, 3.63) is 59.7 Å². The maximum atomic E-state index is 13.0. The standard InChI is InChI=1S/C12H9FN2/c13-11-3-1-2-9(6-11)12(7-14)10-4-5-15-8-10/h1-6,8,12,15H. The van der Waals surface area contributed by atoms with Crippen LogP contribution in [-0.4, -0.2) is 4.98 Å². The zero-order valence-electron chi connectivity index (χ0n) is 7.94. The average Bonchev–Trinajstić information content (AvgIpc) is 2.72. The molecule has 74 valence electrons. The van der Waals surface area contributed by atoms with E-state index >= 15 is 0 Å². The van der Waals surface area contributed by atoms with Crippen molar-refractivity contribution < 1.29 is 4.39 Å². The van der Waals surface area contributed by atoms with Crippen LogP contribution in [0.4, 0.5) is 4.39 Å². The number of halogens is 1. The predicted molar refractivity (Wildman–Crippen MR) is 54.6 cm³/mol. The Morgan fingerprint density at radius 3 is 2.73 bits per heavy atom. The molecule has 0 aliphatic rings. The highest BCUT2D eigenvalue weighted by atomic mass is 19.1. The maximum absolute atomic E-state index is 13.0. The van der Waals surface area contributed by atoms with E-state index in [-0.39, 0.29) is 5.82 Å². The second-order valence-electron chi connectivity index (χ2n) is 3.26. The summed E-state index contributed by atoms with van der Waals surface area (Å²) < 4.78 is 13.0. The predicted octanol–water partition coefficient (Wildman–Crippen LogP) is 2.81. The molecular weight excluding hydrogens is 191 g/mol. The van der Waals surface area contributed by atoms with Crippen molar-refractivity contribution in [1.29, 1.82) is 5.26 Å². The summed E-state index contributed by atoms with van der Waals surface area (Å²) in [7, 11) is 0. The number of rotatable bonds is 2. The fourth-order valence-electron chi connectivity index (χ4n) is 1.54. The molecule has 1 N–H and O–H groups in total. The van der Waals surface area contributed by atoms with E-state index in [1.807, 2.05) is 6.07 Å². The van der Waals surface area contributed by atoms with Gasteiger partial charge in [0.15, 0.2) is 0 Å². The molecule has 0 radical (unpaired) electrons. The Bertz CT molecular complexity index is 483. The molecule has 0 bridgehead atoms. The van der Waals surface area contributed by atoms with Crippen molar-refractivity contribution in [1.82, 2.24) is 4.98 Å². The lowest BCUT2D eigenvalue weighted by Gasteiger charge is -2.06. The Balaban J connectivity index is 2.41. The Labute approximate surface area is 87.0 Å². The highest BCUT2D eigenvalue weighted by Crippen LogP contribution is 2.23. The van der Waals surface area contributed by atoms with Gasteiger partial charge in [0, 0.05) is 12.4 Å².